The van der Waals surface area contributed by atoms with Gasteiger partial charge in [-0.3, -0.25) is 4.90 Å². The van der Waals surface area contributed by atoms with Crippen molar-refractivity contribution in [1.82, 2.24) is 9.80 Å². The number of rotatable bonds is 3. The Morgan fingerprint density at radius 1 is 1.21 bits per heavy atom. The Labute approximate surface area is 117 Å². The van der Waals surface area contributed by atoms with Gasteiger partial charge in [0, 0.05) is 26.2 Å². The Kier molecular flexibility index (Phi) is 4.44. The Hall–Kier alpha value is -1.11. The summed E-state index contributed by atoms with van der Waals surface area (Å²) in [6.45, 7) is 3.42. The van der Waals surface area contributed by atoms with Crippen LogP contribution >= 0.6 is 12.2 Å². The first kappa shape index (κ1) is 14.3. The molecule has 0 saturated carbocycles. The van der Waals surface area contributed by atoms with E-state index in [1.165, 1.54) is 6.07 Å². The topological polar surface area (TPSA) is 32.5 Å². The molecule has 0 bridgehead atoms. The van der Waals surface area contributed by atoms with Crippen molar-refractivity contribution in [1.29, 1.82) is 0 Å². The average molecular weight is 285 g/mol. The Bertz CT molecular complexity index is 473. The normalized spacial score (nSPS) is 19.3. The smallest absolute Gasteiger partial charge is 0.159 e. The van der Waals surface area contributed by atoms with E-state index in [0.717, 1.165) is 32.2 Å². The fourth-order valence-corrected chi connectivity index (χ4v) is 2.60. The average Bonchev–Trinajstić information content (AvgIpc) is 2.36. The minimum atomic E-state index is -0.868. The van der Waals surface area contributed by atoms with Gasteiger partial charge < -0.3 is 10.6 Å². The van der Waals surface area contributed by atoms with Gasteiger partial charge in [-0.2, -0.15) is 0 Å². The van der Waals surface area contributed by atoms with Crippen LogP contribution in [-0.2, 0) is 0 Å². The van der Waals surface area contributed by atoms with E-state index < -0.39 is 11.6 Å². The molecule has 2 N–H and O–H groups in total. The molecule has 1 atom stereocenters. The van der Waals surface area contributed by atoms with E-state index in [0.29, 0.717) is 5.56 Å². The number of nitrogens with two attached hydrogens (primary N) is 1. The highest BCUT2D eigenvalue weighted by atomic mass is 32.1. The second-order valence-electron chi connectivity index (χ2n) is 4.82. The summed E-state index contributed by atoms with van der Waals surface area (Å²) in [6.07, 6.45) is 0. The maximum atomic E-state index is 13.3. The number of hydrogen-bond donors (Lipinski definition) is 1. The molecule has 0 spiro atoms. The van der Waals surface area contributed by atoms with Gasteiger partial charge in [-0.1, -0.05) is 18.3 Å². The van der Waals surface area contributed by atoms with Crippen molar-refractivity contribution in [3.63, 3.8) is 0 Å². The highest BCUT2D eigenvalue weighted by molar-refractivity contribution is 7.80. The quantitative estimate of drug-likeness (QED) is 0.854. The van der Waals surface area contributed by atoms with Gasteiger partial charge in [-0.05, 0) is 24.7 Å². The minimum absolute atomic E-state index is 0.288. The van der Waals surface area contributed by atoms with E-state index in [9.17, 15) is 8.78 Å². The summed E-state index contributed by atoms with van der Waals surface area (Å²) in [6, 6.07) is 3.50. The van der Waals surface area contributed by atoms with Gasteiger partial charge in [0.15, 0.2) is 11.6 Å². The molecule has 1 saturated heterocycles. The molecule has 0 amide bonds. The molecule has 1 aliphatic rings. The van der Waals surface area contributed by atoms with Crippen molar-refractivity contribution in [2.24, 2.45) is 5.73 Å². The fourth-order valence-electron chi connectivity index (χ4n) is 2.32. The lowest BCUT2D eigenvalue weighted by molar-refractivity contribution is 0.137. The molecule has 1 aromatic carbocycles. The maximum absolute atomic E-state index is 13.3. The second-order valence-corrected chi connectivity index (χ2v) is 5.29. The molecule has 0 aliphatic carbocycles. The van der Waals surface area contributed by atoms with E-state index in [4.69, 9.17) is 18.0 Å². The lowest BCUT2D eigenvalue weighted by atomic mass is 10.0. The fraction of sp³-hybridized carbons (Fsp3) is 0.462. The van der Waals surface area contributed by atoms with E-state index >= 15 is 0 Å². The van der Waals surface area contributed by atoms with Crippen LogP contribution in [0.1, 0.15) is 11.6 Å². The summed E-state index contributed by atoms with van der Waals surface area (Å²) in [5.74, 6) is -1.73. The predicted molar refractivity (Wildman–Crippen MR) is 75.0 cm³/mol. The molecule has 104 valence electrons. The number of hydrogen-bond acceptors (Lipinski definition) is 3. The molecule has 3 nitrogen and oxygen atoms in total. The summed E-state index contributed by atoms with van der Waals surface area (Å²) < 4.78 is 26.3. The zero-order valence-corrected chi connectivity index (χ0v) is 11.6. The molecule has 19 heavy (non-hydrogen) atoms. The highest BCUT2D eigenvalue weighted by Gasteiger charge is 2.26. The van der Waals surface area contributed by atoms with Crippen LogP contribution in [0.4, 0.5) is 8.78 Å². The number of halogens is 2. The summed E-state index contributed by atoms with van der Waals surface area (Å²) in [5, 5.41) is 0. The zero-order chi connectivity index (χ0) is 14.0. The Balaban J connectivity index is 2.24. The van der Waals surface area contributed by atoms with Crippen LogP contribution in [0.2, 0.25) is 0 Å². The third-order valence-electron chi connectivity index (χ3n) is 3.43. The zero-order valence-electron chi connectivity index (χ0n) is 10.8. The van der Waals surface area contributed by atoms with Gasteiger partial charge in [0.25, 0.3) is 0 Å². The van der Waals surface area contributed by atoms with Crippen molar-refractivity contribution in [3.8, 4) is 0 Å². The number of likely N-dealkylation sites (N-methyl/N-ethyl adjacent to an activating group) is 1. The van der Waals surface area contributed by atoms with Crippen LogP contribution in [-0.4, -0.2) is 48.0 Å². The highest BCUT2D eigenvalue weighted by Crippen LogP contribution is 2.24. The molecule has 0 aromatic heterocycles. The SMILES string of the molecule is CN1CCN(C(C(N)=S)c2ccc(F)c(F)c2)CC1. The van der Waals surface area contributed by atoms with Crippen LogP contribution in [0.15, 0.2) is 18.2 Å². The van der Waals surface area contributed by atoms with Crippen LogP contribution in [0.25, 0.3) is 0 Å². The third-order valence-corrected chi connectivity index (χ3v) is 3.66. The number of benzene rings is 1. The van der Waals surface area contributed by atoms with Gasteiger partial charge >= 0.3 is 0 Å². The molecule has 1 unspecified atom stereocenters. The summed E-state index contributed by atoms with van der Waals surface area (Å²) in [4.78, 5) is 4.60. The standard InChI is InChI=1S/C13H17F2N3S/c1-17-4-6-18(7-5-17)12(13(16)19)9-2-3-10(14)11(15)8-9/h2-3,8,12H,4-7H2,1H3,(H2,16,19). The van der Waals surface area contributed by atoms with E-state index in [-0.39, 0.29) is 11.0 Å². The summed E-state index contributed by atoms with van der Waals surface area (Å²) in [5.41, 5.74) is 6.39. The molecular formula is C13H17F2N3S. The van der Waals surface area contributed by atoms with E-state index in [1.807, 2.05) is 7.05 Å². The lowest BCUT2D eigenvalue weighted by Crippen LogP contribution is -2.48. The number of thiocarbonyl (C=S) groups is 1. The minimum Gasteiger partial charge on any atom is -0.392 e. The molecule has 1 aromatic rings. The molecule has 1 fully saturated rings. The van der Waals surface area contributed by atoms with Crippen LogP contribution in [0.5, 0.6) is 0 Å². The third kappa shape index (κ3) is 3.26. The largest absolute Gasteiger partial charge is 0.392 e. The van der Waals surface area contributed by atoms with Crippen molar-refractivity contribution < 1.29 is 8.78 Å². The Morgan fingerprint density at radius 3 is 2.37 bits per heavy atom. The monoisotopic (exact) mass is 285 g/mol. The van der Waals surface area contributed by atoms with Crippen molar-refractivity contribution >= 4 is 17.2 Å². The molecule has 1 aliphatic heterocycles. The van der Waals surface area contributed by atoms with Gasteiger partial charge in [0.2, 0.25) is 0 Å². The molecule has 0 radical (unpaired) electrons. The molecular weight excluding hydrogens is 268 g/mol. The summed E-state index contributed by atoms with van der Waals surface area (Å²) in [7, 11) is 2.05. The van der Waals surface area contributed by atoms with Crippen LogP contribution in [0.3, 0.4) is 0 Å². The number of nitrogens with zero attached hydrogens (tertiary/aromatic N) is 2. The van der Waals surface area contributed by atoms with Gasteiger partial charge in [0.1, 0.15) is 0 Å². The van der Waals surface area contributed by atoms with E-state index in [1.54, 1.807) is 6.07 Å². The van der Waals surface area contributed by atoms with Crippen molar-refractivity contribution in [2.75, 3.05) is 33.2 Å². The maximum Gasteiger partial charge on any atom is 0.159 e. The van der Waals surface area contributed by atoms with Crippen molar-refractivity contribution in [2.45, 2.75) is 6.04 Å². The lowest BCUT2D eigenvalue weighted by Gasteiger charge is -2.37. The first-order valence-corrected chi connectivity index (χ1v) is 6.56. The number of piperazine rings is 1. The molecule has 1 heterocycles. The van der Waals surface area contributed by atoms with Gasteiger partial charge in [-0.15, -0.1) is 0 Å². The Morgan fingerprint density at radius 2 is 1.84 bits per heavy atom. The predicted octanol–water partition coefficient (Wildman–Crippen LogP) is 1.54. The van der Waals surface area contributed by atoms with Crippen molar-refractivity contribution in [3.05, 3.63) is 35.4 Å². The summed E-state index contributed by atoms with van der Waals surface area (Å²) >= 11 is 5.09. The van der Waals surface area contributed by atoms with Gasteiger partial charge in [0.05, 0.1) is 11.0 Å². The van der Waals surface area contributed by atoms with Crippen LogP contribution in [0, 0.1) is 11.6 Å². The molecule has 2 rings (SSSR count). The van der Waals surface area contributed by atoms with Gasteiger partial charge in [-0.25, -0.2) is 8.78 Å². The molecule has 6 heteroatoms. The van der Waals surface area contributed by atoms with Crippen LogP contribution < -0.4 is 5.73 Å². The first-order valence-electron chi connectivity index (χ1n) is 6.16. The van der Waals surface area contributed by atoms with E-state index in [2.05, 4.69) is 9.80 Å². The first-order chi connectivity index (χ1) is 8.99. The second kappa shape index (κ2) is 5.90.